The van der Waals surface area contributed by atoms with E-state index >= 15 is 0 Å². The number of carbonyl (C=O) groups is 1. The zero-order valence-corrected chi connectivity index (χ0v) is 10.5. The summed E-state index contributed by atoms with van der Waals surface area (Å²) in [6, 6.07) is 3.65. The molecule has 1 amide bonds. The fourth-order valence-corrected chi connectivity index (χ4v) is 2.06. The molecule has 0 bridgehead atoms. The highest BCUT2D eigenvalue weighted by Crippen LogP contribution is 2.31. The second-order valence-corrected chi connectivity index (χ2v) is 4.90. The predicted octanol–water partition coefficient (Wildman–Crippen LogP) is 1.24. The molecule has 7 heteroatoms. The van der Waals surface area contributed by atoms with Gasteiger partial charge in [0.05, 0.1) is 16.4 Å². The van der Waals surface area contributed by atoms with Gasteiger partial charge in [-0.25, -0.2) is 0 Å². The number of carbonyl (C=O) groups excluding carboxylic acids is 1. The van der Waals surface area contributed by atoms with E-state index in [-0.39, 0.29) is 23.0 Å². The topological polar surface area (TPSA) is 104 Å². The van der Waals surface area contributed by atoms with Crippen LogP contribution in [0.2, 0.25) is 0 Å². The summed E-state index contributed by atoms with van der Waals surface area (Å²) in [7, 11) is 0. The number of phenols is 1. The van der Waals surface area contributed by atoms with Crippen molar-refractivity contribution in [1.82, 2.24) is 5.32 Å². The second kappa shape index (κ2) is 4.85. The van der Waals surface area contributed by atoms with Gasteiger partial charge >= 0.3 is 0 Å². The first-order valence-corrected chi connectivity index (χ1v) is 5.92. The number of anilines is 1. The van der Waals surface area contributed by atoms with Crippen molar-refractivity contribution in [2.45, 2.75) is 13.3 Å². The molecular weight excluding hydrogens is 250 g/mol. The van der Waals surface area contributed by atoms with Crippen LogP contribution in [-0.2, 0) is 4.79 Å². The molecule has 1 unspecified atom stereocenters. The molecule has 0 radical (unpaired) electrons. The number of rotatable bonds is 3. The van der Waals surface area contributed by atoms with Crippen LogP contribution in [0.3, 0.4) is 0 Å². The van der Waals surface area contributed by atoms with E-state index in [2.05, 4.69) is 10.6 Å². The third kappa shape index (κ3) is 2.65. The maximum absolute atomic E-state index is 12.2. The first kappa shape index (κ1) is 13.3. The minimum atomic E-state index is -0.634. The van der Waals surface area contributed by atoms with Crippen LogP contribution in [0.25, 0.3) is 0 Å². The van der Waals surface area contributed by atoms with Gasteiger partial charge in [-0.3, -0.25) is 14.9 Å². The normalized spacial score (nSPS) is 22.2. The van der Waals surface area contributed by atoms with E-state index in [0.717, 1.165) is 12.6 Å². The standard InChI is InChI=1S/C12H15N3O4/c1-12(4-5-13-7-12)11(17)14-9-3-2-8(16)6-10(9)15(18)19/h2-3,6,13,16H,4-5,7H2,1H3,(H,14,17). The lowest BCUT2D eigenvalue weighted by atomic mass is 9.88. The summed E-state index contributed by atoms with van der Waals surface area (Å²) >= 11 is 0. The van der Waals surface area contributed by atoms with Crippen molar-refractivity contribution in [3.63, 3.8) is 0 Å². The molecular formula is C12H15N3O4. The van der Waals surface area contributed by atoms with Crippen molar-refractivity contribution in [1.29, 1.82) is 0 Å². The van der Waals surface area contributed by atoms with Gasteiger partial charge in [0.15, 0.2) is 0 Å². The van der Waals surface area contributed by atoms with Crippen LogP contribution in [0.15, 0.2) is 18.2 Å². The first-order valence-electron chi connectivity index (χ1n) is 5.92. The lowest BCUT2D eigenvalue weighted by Crippen LogP contribution is -2.35. The van der Waals surface area contributed by atoms with Gasteiger partial charge in [0.1, 0.15) is 11.4 Å². The number of benzene rings is 1. The number of nitrogens with one attached hydrogen (secondary N) is 2. The van der Waals surface area contributed by atoms with Gasteiger partial charge in [-0.15, -0.1) is 0 Å². The van der Waals surface area contributed by atoms with Crippen LogP contribution in [0.4, 0.5) is 11.4 Å². The number of aromatic hydroxyl groups is 1. The van der Waals surface area contributed by atoms with Crippen molar-refractivity contribution in [2.75, 3.05) is 18.4 Å². The quantitative estimate of drug-likeness (QED) is 0.433. The van der Waals surface area contributed by atoms with Gasteiger partial charge in [-0.05, 0) is 32.0 Å². The van der Waals surface area contributed by atoms with Gasteiger partial charge in [-0.2, -0.15) is 0 Å². The molecule has 102 valence electrons. The van der Waals surface area contributed by atoms with E-state index in [0.29, 0.717) is 13.0 Å². The van der Waals surface area contributed by atoms with Crippen LogP contribution in [-0.4, -0.2) is 29.0 Å². The second-order valence-electron chi connectivity index (χ2n) is 4.90. The molecule has 1 fully saturated rings. The highest BCUT2D eigenvalue weighted by atomic mass is 16.6. The zero-order valence-electron chi connectivity index (χ0n) is 10.5. The molecule has 19 heavy (non-hydrogen) atoms. The monoisotopic (exact) mass is 265 g/mol. The Hall–Kier alpha value is -2.15. The molecule has 0 aromatic heterocycles. The smallest absolute Gasteiger partial charge is 0.296 e. The van der Waals surface area contributed by atoms with Crippen LogP contribution in [0.1, 0.15) is 13.3 Å². The van der Waals surface area contributed by atoms with E-state index in [4.69, 9.17) is 0 Å². The van der Waals surface area contributed by atoms with Crippen LogP contribution < -0.4 is 10.6 Å². The fraction of sp³-hybridized carbons (Fsp3) is 0.417. The van der Waals surface area contributed by atoms with Gasteiger partial charge in [0, 0.05) is 6.54 Å². The van der Waals surface area contributed by atoms with E-state index in [9.17, 15) is 20.0 Å². The SMILES string of the molecule is CC1(C(=O)Nc2ccc(O)cc2[N+](=O)[O-])CCNC1. The molecule has 0 spiro atoms. The summed E-state index contributed by atoms with van der Waals surface area (Å²) in [4.78, 5) is 22.4. The molecule has 1 atom stereocenters. The number of nitro benzene ring substituents is 1. The summed E-state index contributed by atoms with van der Waals surface area (Å²) in [5.41, 5.74) is -0.782. The lowest BCUT2D eigenvalue weighted by molar-refractivity contribution is -0.384. The van der Waals surface area contributed by atoms with E-state index in [1.807, 2.05) is 6.92 Å². The number of hydrogen-bond donors (Lipinski definition) is 3. The average Bonchev–Trinajstić information content (AvgIpc) is 2.79. The Morgan fingerprint density at radius 1 is 1.58 bits per heavy atom. The molecule has 1 heterocycles. The molecule has 1 aliphatic rings. The molecule has 0 saturated carbocycles. The molecule has 1 aromatic rings. The molecule has 1 saturated heterocycles. The lowest BCUT2D eigenvalue weighted by Gasteiger charge is -2.21. The number of nitrogens with zero attached hydrogens (tertiary/aromatic N) is 1. The van der Waals surface area contributed by atoms with Gasteiger partial charge in [0.25, 0.3) is 5.69 Å². The Morgan fingerprint density at radius 2 is 2.32 bits per heavy atom. The maximum atomic E-state index is 12.2. The molecule has 2 rings (SSSR count). The van der Waals surface area contributed by atoms with Crippen molar-refractivity contribution in [3.8, 4) is 5.75 Å². The Balaban J connectivity index is 2.23. The molecule has 0 aliphatic carbocycles. The van der Waals surface area contributed by atoms with E-state index in [1.165, 1.54) is 12.1 Å². The maximum Gasteiger partial charge on any atom is 0.296 e. The third-order valence-corrected chi connectivity index (χ3v) is 3.34. The number of hydrogen-bond acceptors (Lipinski definition) is 5. The third-order valence-electron chi connectivity index (χ3n) is 3.34. The van der Waals surface area contributed by atoms with Crippen molar-refractivity contribution in [2.24, 2.45) is 5.41 Å². The van der Waals surface area contributed by atoms with Crippen LogP contribution >= 0.6 is 0 Å². The summed E-state index contributed by atoms with van der Waals surface area (Å²) in [5.74, 6) is -0.468. The van der Waals surface area contributed by atoms with Crippen molar-refractivity contribution >= 4 is 17.3 Å². The van der Waals surface area contributed by atoms with Crippen LogP contribution in [0.5, 0.6) is 5.75 Å². The highest BCUT2D eigenvalue weighted by molar-refractivity contribution is 5.97. The van der Waals surface area contributed by atoms with Gasteiger partial charge in [0.2, 0.25) is 5.91 Å². The van der Waals surface area contributed by atoms with Gasteiger partial charge in [-0.1, -0.05) is 0 Å². The Labute approximate surface area is 109 Å². The number of nitro groups is 1. The average molecular weight is 265 g/mol. The van der Waals surface area contributed by atoms with Crippen molar-refractivity contribution < 1.29 is 14.8 Å². The minimum absolute atomic E-state index is 0.0981. The molecule has 1 aliphatic heterocycles. The predicted molar refractivity (Wildman–Crippen MR) is 69.0 cm³/mol. The number of phenolic OH excluding ortho intramolecular Hbond substituents is 1. The van der Waals surface area contributed by atoms with E-state index < -0.39 is 10.3 Å². The van der Waals surface area contributed by atoms with Crippen molar-refractivity contribution in [3.05, 3.63) is 28.3 Å². The summed E-state index contributed by atoms with van der Waals surface area (Å²) in [6.07, 6.45) is 0.685. The number of amides is 1. The zero-order chi connectivity index (χ0) is 14.0. The minimum Gasteiger partial charge on any atom is -0.508 e. The molecule has 3 N–H and O–H groups in total. The fourth-order valence-electron chi connectivity index (χ4n) is 2.06. The molecule has 7 nitrogen and oxygen atoms in total. The highest BCUT2D eigenvalue weighted by Gasteiger charge is 2.37. The summed E-state index contributed by atoms with van der Waals surface area (Å²) < 4.78 is 0. The Morgan fingerprint density at radius 3 is 2.89 bits per heavy atom. The van der Waals surface area contributed by atoms with E-state index in [1.54, 1.807) is 0 Å². The largest absolute Gasteiger partial charge is 0.508 e. The summed E-state index contributed by atoms with van der Waals surface area (Å²) in [5, 5.41) is 25.8. The van der Waals surface area contributed by atoms with Crippen LogP contribution in [0, 0.1) is 15.5 Å². The Kier molecular flexibility index (Phi) is 3.39. The summed E-state index contributed by atoms with van der Waals surface area (Å²) in [6.45, 7) is 3.11. The van der Waals surface area contributed by atoms with Gasteiger partial charge < -0.3 is 15.7 Å². The first-order chi connectivity index (χ1) is 8.92. The molecule has 1 aromatic carbocycles. The Bertz CT molecular complexity index is 524.